The van der Waals surface area contributed by atoms with Crippen LogP contribution in [0, 0.1) is 0 Å². The van der Waals surface area contributed by atoms with Gasteiger partial charge in [0.1, 0.15) is 0 Å². The van der Waals surface area contributed by atoms with Crippen molar-refractivity contribution in [2.75, 3.05) is 0 Å². The molecule has 0 aromatic heterocycles. The van der Waals surface area contributed by atoms with Gasteiger partial charge in [0.15, 0.2) is 0 Å². The van der Waals surface area contributed by atoms with E-state index in [1.165, 1.54) is 12.1 Å². The molecule has 0 aliphatic rings. The fourth-order valence-corrected chi connectivity index (χ4v) is 1.78. The number of rotatable bonds is 0. The maximum Gasteiger partial charge on any atom is 1.00 e. The van der Waals surface area contributed by atoms with Gasteiger partial charge >= 0.3 is 51.4 Å². The number of halogens is 2. The first-order valence-electron chi connectivity index (χ1n) is 2.31. The Labute approximate surface area is 119 Å². The molecule has 0 saturated heterocycles. The molecule has 0 saturated carbocycles. The van der Waals surface area contributed by atoms with Crippen LogP contribution >= 0.6 is 31.9 Å². The van der Waals surface area contributed by atoms with Gasteiger partial charge in [0, 0.05) is 8.95 Å². The molecule has 4 heteroatoms. The zero-order valence-electron chi connectivity index (χ0n) is 5.40. The minimum Gasteiger partial charge on any atom is -0.872 e. The molecule has 10 heavy (non-hydrogen) atoms. The maximum atomic E-state index is 10.7. The summed E-state index contributed by atoms with van der Waals surface area (Å²) in [7, 11) is 0. The summed E-state index contributed by atoms with van der Waals surface area (Å²) in [5.74, 6) is 0.0104. The molecule has 1 rings (SSSR count). The average molecular weight is 290 g/mol. The van der Waals surface area contributed by atoms with Crippen molar-refractivity contribution in [1.29, 1.82) is 0 Å². The van der Waals surface area contributed by atoms with Crippen LogP contribution in [0.1, 0.15) is 0 Å². The van der Waals surface area contributed by atoms with E-state index in [1.54, 1.807) is 0 Å². The Morgan fingerprint density at radius 3 is 1.70 bits per heavy atom. The Bertz CT molecular complexity index is 177. The number of benzene rings is 1. The summed E-state index contributed by atoms with van der Waals surface area (Å²) in [4.78, 5) is 0. The van der Waals surface area contributed by atoms with E-state index in [-0.39, 0.29) is 57.1 Å². The Morgan fingerprint density at radius 1 is 1.00 bits per heavy atom. The smallest absolute Gasteiger partial charge is 0.872 e. The van der Waals surface area contributed by atoms with Crippen molar-refractivity contribution in [2.45, 2.75) is 0 Å². The van der Waals surface area contributed by atoms with Gasteiger partial charge in [-0.3, -0.25) is 0 Å². The summed E-state index contributed by atoms with van der Waals surface area (Å²) >= 11 is 6.37. The van der Waals surface area contributed by atoms with Crippen LogP contribution < -0.4 is 56.5 Å². The van der Waals surface area contributed by atoms with E-state index in [2.05, 4.69) is 31.9 Å². The summed E-state index contributed by atoms with van der Waals surface area (Å²) in [5, 5.41) is 10.7. The van der Waals surface area contributed by atoms with Crippen molar-refractivity contribution in [3.63, 3.8) is 0 Å². The van der Waals surface area contributed by atoms with E-state index in [9.17, 15) is 5.11 Å². The summed E-state index contributed by atoms with van der Waals surface area (Å²) in [6, 6.07) is 4.86. The van der Waals surface area contributed by atoms with E-state index in [1.807, 2.05) is 6.07 Å². The monoisotopic (exact) mass is 288 g/mol. The van der Waals surface area contributed by atoms with Gasteiger partial charge in [-0.1, -0.05) is 44.0 Å². The van der Waals surface area contributed by atoms with Crippen LogP contribution in [-0.4, -0.2) is 0 Å². The quantitative estimate of drug-likeness (QED) is 0.579. The van der Waals surface area contributed by atoms with E-state index in [4.69, 9.17) is 0 Å². The molecule has 1 nitrogen and oxygen atoms in total. The molecule has 0 unspecified atom stereocenters. The van der Waals surface area contributed by atoms with Gasteiger partial charge in [-0.15, -0.1) is 5.75 Å². The molecular formula is C6H3Br2KO. The summed E-state index contributed by atoms with van der Waals surface area (Å²) in [5.41, 5.74) is 0. The van der Waals surface area contributed by atoms with Crippen molar-refractivity contribution < 1.29 is 56.5 Å². The van der Waals surface area contributed by atoms with Crippen LogP contribution in [0.4, 0.5) is 0 Å². The fraction of sp³-hybridized carbons (Fsp3) is 0. The van der Waals surface area contributed by atoms with Crippen LogP contribution in [0.25, 0.3) is 0 Å². The first-order chi connectivity index (χ1) is 4.18. The predicted molar refractivity (Wildman–Crippen MR) is 41.3 cm³/mol. The molecule has 0 radical (unpaired) electrons. The third kappa shape index (κ3) is 3.85. The molecule has 0 bridgehead atoms. The van der Waals surface area contributed by atoms with E-state index < -0.39 is 0 Å². The molecule has 1 aromatic rings. The van der Waals surface area contributed by atoms with Crippen LogP contribution in [0.15, 0.2) is 27.1 Å². The van der Waals surface area contributed by atoms with Crippen LogP contribution in [0.2, 0.25) is 0 Å². The van der Waals surface area contributed by atoms with Crippen molar-refractivity contribution in [3.8, 4) is 5.75 Å². The molecule has 0 fully saturated rings. The number of hydrogen-bond donors (Lipinski definition) is 0. The molecular weight excluding hydrogens is 287 g/mol. The summed E-state index contributed by atoms with van der Waals surface area (Å²) in [6.07, 6.45) is 0. The summed E-state index contributed by atoms with van der Waals surface area (Å²) < 4.78 is 1.61. The second-order valence-corrected chi connectivity index (χ2v) is 3.44. The minimum atomic E-state index is 0. The van der Waals surface area contributed by atoms with Crippen molar-refractivity contribution in [1.82, 2.24) is 0 Å². The Morgan fingerprint density at radius 2 is 1.40 bits per heavy atom. The normalized spacial score (nSPS) is 8.60. The van der Waals surface area contributed by atoms with Gasteiger partial charge in [0.25, 0.3) is 0 Å². The molecule has 0 aliphatic heterocycles. The second kappa shape index (κ2) is 5.30. The predicted octanol–water partition coefficient (Wildman–Crippen LogP) is -0.711. The van der Waals surface area contributed by atoms with Gasteiger partial charge in [-0.05, 0) is 6.07 Å². The van der Waals surface area contributed by atoms with Crippen molar-refractivity contribution in [3.05, 3.63) is 27.1 Å². The first-order valence-corrected chi connectivity index (χ1v) is 3.90. The van der Waals surface area contributed by atoms with Crippen molar-refractivity contribution in [2.24, 2.45) is 0 Å². The maximum absolute atomic E-state index is 10.7. The van der Waals surface area contributed by atoms with Gasteiger partial charge in [0.2, 0.25) is 0 Å². The van der Waals surface area contributed by atoms with Gasteiger partial charge in [-0.25, -0.2) is 0 Å². The minimum absolute atomic E-state index is 0. The Kier molecular flexibility index (Phi) is 6.15. The van der Waals surface area contributed by atoms with E-state index in [0.29, 0.717) is 0 Å². The first kappa shape index (κ1) is 11.6. The standard InChI is InChI=1S/C6H4Br2O.K/c7-4-1-5(8)3-6(9)2-4;/h1-3,9H;/q;+1/p-1. The second-order valence-electron chi connectivity index (χ2n) is 1.61. The topological polar surface area (TPSA) is 23.1 Å². The van der Waals surface area contributed by atoms with Gasteiger partial charge in [-0.2, -0.15) is 0 Å². The molecule has 0 N–H and O–H groups in total. The zero-order valence-corrected chi connectivity index (χ0v) is 11.7. The molecule has 1 aromatic carbocycles. The average Bonchev–Trinajstić information content (AvgIpc) is 1.59. The third-order valence-corrected chi connectivity index (χ3v) is 1.75. The van der Waals surface area contributed by atoms with Gasteiger partial charge in [0.05, 0.1) is 0 Å². The third-order valence-electron chi connectivity index (χ3n) is 0.836. The number of hydrogen-bond acceptors (Lipinski definition) is 1. The summed E-state index contributed by atoms with van der Waals surface area (Å²) in [6.45, 7) is 0. The van der Waals surface area contributed by atoms with E-state index >= 15 is 0 Å². The molecule has 0 amide bonds. The molecule has 0 aliphatic carbocycles. The SMILES string of the molecule is [K+].[O-]c1cc(Br)cc(Br)c1. The largest absolute Gasteiger partial charge is 1.00 e. The fourth-order valence-electron chi connectivity index (χ4n) is 0.529. The molecule has 48 valence electrons. The Hall–Kier alpha value is 1.62. The molecule has 0 spiro atoms. The molecule has 0 atom stereocenters. The zero-order chi connectivity index (χ0) is 6.85. The molecule has 0 heterocycles. The van der Waals surface area contributed by atoms with Crippen molar-refractivity contribution >= 4 is 31.9 Å². The van der Waals surface area contributed by atoms with Crippen LogP contribution in [0.3, 0.4) is 0 Å². The Balaban J connectivity index is 0.000000810. The van der Waals surface area contributed by atoms with Crippen LogP contribution in [-0.2, 0) is 0 Å². The van der Waals surface area contributed by atoms with Crippen LogP contribution in [0.5, 0.6) is 5.75 Å². The van der Waals surface area contributed by atoms with Gasteiger partial charge < -0.3 is 5.11 Å². The van der Waals surface area contributed by atoms with E-state index in [0.717, 1.165) is 8.95 Å².